The number of piperazine rings is 1. The Morgan fingerprint density at radius 1 is 0.971 bits per heavy atom. The van der Waals surface area contributed by atoms with Gasteiger partial charge in [-0.25, -0.2) is 5.43 Å². The smallest absolute Gasteiger partial charge is 0.329 e. The number of aryl methyl sites for hydroxylation is 2. The summed E-state index contributed by atoms with van der Waals surface area (Å²) in [7, 11) is 1.64. The summed E-state index contributed by atoms with van der Waals surface area (Å²) >= 11 is 0. The van der Waals surface area contributed by atoms with Gasteiger partial charge in [0.25, 0.3) is 0 Å². The topological polar surface area (TPSA) is 79.2 Å². The van der Waals surface area contributed by atoms with Crippen LogP contribution in [0, 0.1) is 20.8 Å². The Morgan fingerprint density at radius 2 is 1.71 bits per heavy atom. The Labute approximate surface area is 205 Å². The van der Waals surface area contributed by atoms with Gasteiger partial charge in [0.15, 0.2) is 0 Å². The molecule has 8 nitrogen and oxygen atoms in total. The van der Waals surface area contributed by atoms with Crippen LogP contribution in [0.25, 0.3) is 5.69 Å². The number of nitrogens with zero attached hydrogens (tertiary/aromatic N) is 4. The summed E-state index contributed by atoms with van der Waals surface area (Å²) in [5.41, 5.74) is 8.57. The van der Waals surface area contributed by atoms with Crippen LogP contribution >= 0.6 is 0 Å². The molecule has 2 aromatic carbocycles. The van der Waals surface area contributed by atoms with Crippen molar-refractivity contribution < 1.29 is 14.3 Å². The van der Waals surface area contributed by atoms with Gasteiger partial charge in [-0.3, -0.25) is 9.59 Å². The van der Waals surface area contributed by atoms with E-state index in [-0.39, 0.29) is 0 Å². The van der Waals surface area contributed by atoms with E-state index in [4.69, 9.17) is 4.74 Å². The highest BCUT2D eigenvalue weighted by Crippen LogP contribution is 2.28. The maximum atomic E-state index is 12.6. The van der Waals surface area contributed by atoms with E-state index in [9.17, 15) is 9.59 Å². The summed E-state index contributed by atoms with van der Waals surface area (Å²) in [4.78, 5) is 28.8. The maximum Gasteiger partial charge on any atom is 0.329 e. The Kier molecular flexibility index (Phi) is 7.19. The average molecular weight is 474 g/mol. The van der Waals surface area contributed by atoms with Gasteiger partial charge in [-0.05, 0) is 56.7 Å². The molecule has 1 fully saturated rings. The molecule has 8 heteroatoms. The van der Waals surface area contributed by atoms with E-state index in [1.165, 1.54) is 5.56 Å². The van der Waals surface area contributed by atoms with Crippen LogP contribution < -0.4 is 15.1 Å². The fourth-order valence-electron chi connectivity index (χ4n) is 4.48. The van der Waals surface area contributed by atoms with E-state index in [1.807, 2.05) is 50.2 Å². The third-order valence-electron chi connectivity index (χ3n) is 6.29. The fourth-order valence-corrected chi connectivity index (χ4v) is 4.48. The van der Waals surface area contributed by atoms with Crippen molar-refractivity contribution in [3.05, 3.63) is 77.1 Å². The number of benzene rings is 2. The number of anilines is 1. The van der Waals surface area contributed by atoms with Gasteiger partial charge in [-0.15, -0.1) is 0 Å². The van der Waals surface area contributed by atoms with E-state index < -0.39 is 11.8 Å². The van der Waals surface area contributed by atoms with Crippen LogP contribution in [0.3, 0.4) is 0 Å². The highest BCUT2D eigenvalue weighted by molar-refractivity contribution is 6.35. The highest BCUT2D eigenvalue weighted by Gasteiger charge is 2.27. The number of amides is 2. The van der Waals surface area contributed by atoms with Crippen LogP contribution in [0.4, 0.5) is 5.69 Å². The van der Waals surface area contributed by atoms with Crippen molar-refractivity contribution in [3.8, 4) is 11.4 Å². The molecule has 2 amide bonds. The second kappa shape index (κ2) is 10.5. The van der Waals surface area contributed by atoms with Gasteiger partial charge < -0.3 is 19.1 Å². The van der Waals surface area contributed by atoms with E-state index in [0.29, 0.717) is 26.2 Å². The molecule has 0 saturated carbocycles. The van der Waals surface area contributed by atoms with E-state index in [0.717, 1.165) is 34.1 Å². The van der Waals surface area contributed by atoms with Gasteiger partial charge in [-0.2, -0.15) is 5.10 Å². The summed E-state index contributed by atoms with van der Waals surface area (Å²) in [5.74, 6) is -0.521. The van der Waals surface area contributed by atoms with Crippen LogP contribution in [0.15, 0.2) is 59.7 Å². The Hall–Kier alpha value is -4.07. The SMILES string of the molecule is COc1ccccc1N1CCN(C(=O)C(=O)N/N=C\c2cc(C)n(-c3cccc(C)c3)c2C)CC1. The second-order valence-electron chi connectivity index (χ2n) is 8.65. The van der Waals surface area contributed by atoms with Crippen molar-refractivity contribution in [1.29, 1.82) is 0 Å². The number of nitrogens with one attached hydrogen (secondary N) is 1. The number of carbonyl (C=O) groups is 2. The van der Waals surface area contributed by atoms with Crippen molar-refractivity contribution >= 4 is 23.7 Å². The highest BCUT2D eigenvalue weighted by atomic mass is 16.5. The number of rotatable bonds is 5. The molecule has 0 radical (unpaired) electrons. The van der Waals surface area contributed by atoms with E-state index >= 15 is 0 Å². The minimum atomic E-state index is -0.737. The molecular weight excluding hydrogens is 442 g/mol. The van der Waals surface area contributed by atoms with Gasteiger partial charge in [-0.1, -0.05) is 24.3 Å². The summed E-state index contributed by atoms with van der Waals surface area (Å²) in [5, 5.41) is 4.06. The molecule has 1 saturated heterocycles. The standard InChI is InChI=1S/C27H31N5O3/c1-19-8-7-9-23(16-19)32-20(2)17-22(21(32)3)18-28-29-26(33)27(34)31-14-12-30(13-15-31)24-10-5-6-11-25(24)35-4/h5-11,16-18H,12-15H2,1-4H3,(H,29,33)/b28-18-. The Balaban J connectivity index is 1.35. The molecule has 1 aromatic heterocycles. The number of methoxy groups -OCH3 is 1. The fraction of sp³-hybridized carbons (Fsp3) is 0.296. The van der Waals surface area contributed by atoms with Gasteiger partial charge in [0.2, 0.25) is 0 Å². The molecule has 0 unspecified atom stereocenters. The lowest BCUT2D eigenvalue weighted by Crippen LogP contribution is -2.52. The maximum absolute atomic E-state index is 12.6. The predicted molar refractivity (Wildman–Crippen MR) is 138 cm³/mol. The summed E-state index contributed by atoms with van der Waals surface area (Å²) < 4.78 is 7.58. The first-order valence-electron chi connectivity index (χ1n) is 11.7. The summed E-state index contributed by atoms with van der Waals surface area (Å²) in [6.07, 6.45) is 1.58. The zero-order chi connectivity index (χ0) is 24.9. The predicted octanol–water partition coefficient (Wildman–Crippen LogP) is 3.21. The number of carbonyl (C=O) groups excluding carboxylic acids is 2. The van der Waals surface area contributed by atoms with Crippen molar-refractivity contribution in [3.63, 3.8) is 0 Å². The first kappa shape index (κ1) is 24.1. The third-order valence-corrected chi connectivity index (χ3v) is 6.29. The van der Waals surface area contributed by atoms with Crippen LogP contribution in [-0.4, -0.2) is 60.8 Å². The minimum absolute atomic E-state index is 0.450. The van der Waals surface area contributed by atoms with Crippen molar-refractivity contribution in [1.82, 2.24) is 14.9 Å². The normalized spacial score (nSPS) is 13.8. The number of ether oxygens (including phenoxy) is 1. The van der Waals surface area contributed by atoms with Gasteiger partial charge >= 0.3 is 11.8 Å². The van der Waals surface area contributed by atoms with Gasteiger partial charge in [0.1, 0.15) is 5.75 Å². The Morgan fingerprint density at radius 3 is 2.43 bits per heavy atom. The summed E-state index contributed by atoms with van der Waals surface area (Å²) in [6.45, 7) is 8.23. The quantitative estimate of drug-likeness (QED) is 0.351. The van der Waals surface area contributed by atoms with Crippen molar-refractivity contribution in [2.45, 2.75) is 20.8 Å². The zero-order valence-electron chi connectivity index (χ0n) is 20.6. The number of hydrazone groups is 1. The largest absolute Gasteiger partial charge is 0.495 e. The minimum Gasteiger partial charge on any atom is -0.495 e. The van der Waals surface area contributed by atoms with E-state index in [1.54, 1.807) is 18.2 Å². The lowest BCUT2D eigenvalue weighted by atomic mass is 10.2. The molecule has 1 aliphatic heterocycles. The molecular formula is C27H31N5O3. The van der Waals surface area contributed by atoms with Crippen molar-refractivity contribution in [2.24, 2.45) is 5.10 Å². The van der Waals surface area contributed by atoms with Gasteiger partial charge in [0.05, 0.1) is 19.0 Å². The molecule has 2 heterocycles. The molecule has 3 aromatic rings. The molecule has 0 aliphatic carbocycles. The molecule has 0 bridgehead atoms. The van der Waals surface area contributed by atoms with Crippen LogP contribution in [0.2, 0.25) is 0 Å². The monoisotopic (exact) mass is 473 g/mol. The number of hydrogen-bond donors (Lipinski definition) is 1. The van der Waals surface area contributed by atoms with Gasteiger partial charge in [0, 0.05) is 48.8 Å². The molecule has 0 atom stereocenters. The molecule has 4 rings (SSSR count). The number of hydrogen-bond acceptors (Lipinski definition) is 5. The molecule has 1 N–H and O–H groups in total. The molecule has 1 aliphatic rings. The number of aromatic nitrogens is 1. The molecule has 0 spiro atoms. The lowest BCUT2D eigenvalue weighted by molar-refractivity contribution is -0.146. The van der Waals surface area contributed by atoms with Crippen LogP contribution in [0.5, 0.6) is 5.75 Å². The Bertz CT molecular complexity index is 1260. The summed E-state index contributed by atoms with van der Waals surface area (Å²) in [6, 6.07) is 18.1. The molecule has 182 valence electrons. The second-order valence-corrected chi connectivity index (χ2v) is 8.65. The van der Waals surface area contributed by atoms with Crippen LogP contribution in [-0.2, 0) is 9.59 Å². The third kappa shape index (κ3) is 5.21. The first-order valence-corrected chi connectivity index (χ1v) is 11.7. The average Bonchev–Trinajstić information content (AvgIpc) is 3.16. The zero-order valence-corrected chi connectivity index (χ0v) is 20.6. The molecule has 35 heavy (non-hydrogen) atoms. The lowest BCUT2D eigenvalue weighted by Gasteiger charge is -2.36. The van der Waals surface area contributed by atoms with E-state index in [2.05, 4.69) is 45.1 Å². The van der Waals surface area contributed by atoms with Crippen LogP contribution in [0.1, 0.15) is 22.5 Å². The van der Waals surface area contributed by atoms with Crippen molar-refractivity contribution in [2.75, 3.05) is 38.2 Å². The first-order chi connectivity index (χ1) is 16.9. The number of para-hydroxylation sites is 2.